The van der Waals surface area contributed by atoms with Gasteiger partial charge in [0.1, 0.15) is 6.23 Å². The predicted octanol–water partition coefficient (Wildman–Crippen LogP) is 2.64. The molecule has 0 bridgehead atoms. The van der Waals surface area contributed by atoms with Crippen LogP contribution in [-0.2, 0) is 4.74 Å². The number of hydrogen-bond donors (Lipinski definition) is 2. The first-order valence-corrected chi connectivity index (χ1v) is 6.86. The van der Waals surface area contributed by atoms with Crippen molar-refractivity contribution in [1.29, 1.82) is 0 Å². The summed E-state index contributed by atoms with van der Waals surface area (Å²) in [7, 11) is 1.74. The highest BCUT2D eigenvalue weighted by Crippen LogP contribution is 2.12. The van der Waals surface area contributed by atoms with Crippen molar-refractivity contribution in [1.82, 2.24) is 5.32 Å². The van der Waals surface area contributed by atoms with Crippen molar-refractivity contribution >= 4 is 0 Å². The molecule has 0 aromatic rings. The second kappa shape index (κ2) is 9.86. The summed E-state index contributed by atoms with van der Waals surface area (Å²) in [5.74, 6) is 1.68. The molecule has 2 N–H and O–H groups in total. The Hall–Kier alpha value is -0.120. The van der Waals surface area contributed by atoms with Gasteiger partial charge in [-0.05, 0) is 37.0 Å². The lowest BCUT2D eigenvalue weighted by atomic mass is 9.97. The quantitative estimate of drug-likeness (QED) is 0.581. The molecule has 2 atom stereocenters. The summed E-state index contributed by atoms with van der Waals surface area (Å²) in [4.78, 5) is 0. The monoisotopic (exact) mass is 245 g/mol. The average Bonchev–Trinajstić information content (AvgIpc) is 2.26. The lowest BCUT2D eigenvalue weighted by molar-refractivity contribution is 0.0541. The Kier molecular flexibility index (Phi) is 9.79. The van der Waals surface area contributed by atoms with Gasteiger partial charge in [0.15, 0.2) is 0 Å². The largest absolute Gasteiger partial charge is 0.396 e. The average molecular weight is 245 g/mol. The van der Waals surface area contributed by atoms with Crippen molar-refractivity contribution in [2.24, 2.45) is 17.8 Å². The Morgan fingerprint density at radius 1 is 1.06 bits per heavy atom. The van der Waals surface area contributed by atoms with Gasteiger partial charge in [-0.25, -0.2) is 0 Å². The number of aliphatic hydroxyl groups excluding tert-OH is 1. The smallest absolute Gasteiger partial charge is 0.107 e. The number of nitrogens with one attached hydrogen (secondary N) is 1. The maximum atomic E-state index is 9.30. The first-order valence-electron chi connectivity index (χ1n) is 6.86. The predicted molar refractivity (Wildman–Crippen MR) is 72.9 cm³/mol. The van der Waals surface area contributed by atoms with Gasteiger partial charge in [0.25, 0.3) is 0 Å². The summed E-state index contributed by atoms with van der Waals surface area (Å²) in [6.07, 6.45) is 3.39. The van der Waals surface area contributed by atoms with Gasteiger partial charge in [0.05, 0.1) is 0 Å². The molecule has 0 fully saturated rings. The lowest BCUT2D eigenvalue weighted by Crippen LogP contribution is -2.36. The summed E-state index contributed by atoms with van der Waals surface area (Å²) >= 11 is 0. The second-order valence-corrected chi connectivity index (χ2v) is 5.78. The van der Waals surface area contributed by atoms with Crippen LogP contribution in [0, 0.1) is 17.8 Å². The molecule has 1 unspecified atom stereocenters. The van der Waals surface area contributed by atoms with E-state index in [1.54, 1.807) is 7.11 Å². The Balaban J connectivity index is 3.85. The van der Waals surface area contributed by atoms with Gasteiger partial charge < -0.3 is 9.84 Å². The molecule has 0 aliphatic heterocycles. The van der Waals surface area contributed by atoms with Crippen molar-refractivity contribution in [3.63, 3.8) is 0 Å². The fourth-order valence-corrected chi connectivity index (χ4v) is 1.98. The SMILES string of the molecule is CO[C@@H](CCC(C)C)NCC(CO)CC(C)C. The van der Waals surface area contributed by atoms with Gasteiger partial charge in [-0.15, -0.1) is 0 Å². The molecule has 0 aliphatic carbocycles. The first kappa shape index (κ1) is 16.9. The zero-order chi connectivity index (χ0) is 13.3. The summed E-state index contributed by atoms with van der Waals surface area (Å²) in [5.41, 5.74) is 0. The summed E-state index contributed by atoms with van der Waals surface area (Å²) in [6, 6.07) is 0. The fourth-order valence-electron chi connectivity index (χ4n) is 1.98. The van der Waals surface area contributed by atoms with Gasteiger partial charge in [-0.2, -0.15) is 0 Å². The van der Waals surface area contributed by atoms with E-state index in [4.69, 9.17) is 4.74 Å². The minimum Gasteiger partial charge on any atom is -0.396 e. The number of rotatable bonds is 10. The summed E-state index contributed by atoms with van der Waals surface area (Å²) in [5, 5.41) is 12.7. The van der Waals surface area contributed by atoms with E-state index in [0.717, 1.165) is 19.4 Å². The molecule has 0 saturated carbocycles. The van der Waals surface area contributed by atoms with Crippen LogP contribution in [0.5, 0.6) is 0 Å². The van der Waals surface area contributed by atoms with Crippen molar-refractivity contribution in [2.45, 2.75) is 53.2 Å². The van der Waals surface area contributed by atoms with Crippen LogP contribution in [0.2, 0.25) is 0 Å². The molecule has 0 radical (unpaired) electrons. The van der Waals surface area contributed by atoms with Gasteiger partial charge in [0, 0.05) is 20.3 Å². The van der Waals surface area contributed by atoms with Crippen LogP contribution in [0.15, 0.2) is 0 Å². The maximum absolute atomic E-state index is 9.30. The molecule has 0 aliphatic rings. The Morgan fingerprint density at radius 2 is 1.71 bits per heavy atom. The number of ether oxygens (including phenoxy) is 1. The minimum absolute atomic E-state index is 0.124. The molecule has 3 nitrogen and oxygen atoms in total. The molecular weight excluding hydrogens is 214 g/mol. The molecule has 104 valence electrons. The number of aliphatic hydroxyl groups is 1. The third-order valence-electron chi connectivity index (χ3n) is 2.99. The highest BCUT2D eigenvalue weighted by atomic mass is 16.5. The summed E-state index contributed by atoms with van der Waals surface area (Å²) in [6.45, 7) is 9.92. The number of hydrogen-bond acceptors (Lipinski definition) is 3. The van der Waals surface area contributed by atoms with Gasteiger partial charge >= 0.3 is 0 Å². The molecule has 0 spiro atoms. The standard InChI is InChI=1S/C14H31NO2/c1-11(2)6-7-14(17-5)15-9-13(10-16)8-12(3)4/h11-16H,6-10H2,1-5H3/t13?,14-/m0/s1. The van der Waals surface area contributed by atoms with E-state index in [2.05, 4.69) is 33.0 Å². The molecule has 0 aromatic carbocycles. The van der Waals surface area contributed by atoms with Crippen LogP contribution in [0.1, 0.15) is 47.0 Å². The first-order chi connectivity index (χ1) is 7.99. The Labute approximate surface area is 107 Å². The number of methoxy groups -OCH3 is 1. The van der Waals surface area contributed by atoms with E-state index >= 15 is 0 Å². The molecule has 17 heavy (non-hydrogen) atoms. The Bertz CT molecular complexity index is 172. The zero-order valence-electron chi connectivity index (χ0n) is 12.2. The minimum atomic E-state index is 0.124. The van der Waals surface area contributed by atoms with Crippen LogP contribution in [0.25, 0.3) is 0 Å². The fraction of sp³-hybridized carbons (Fsp3) is 1.00. The molecule has 0 amide bonds. The highest BCUT2D eigenvalue weighted by molar-refractivity contribution is 4.66. The third-order valence-corrected chi connectivity index (χ3v) is 2.99. The van der Waals surface area contributed by atoms with E-state index in [0.29, 0.717) is 17.8 Å². The third kappa shape index (κ3) is 9.57. The van der Waals surface area contributed by atoms with Gasteiger partial charge in [-0.1, -0.05) is 27.7 Å². The van der Waals surface area contributed by atoms with Crippen molar-refractivity contribution in [3.05, 3.63) is 0 Å². The van der Waals surface area contributed by atoms with E-state index in [1.807, 2.05) is 0 Å². The van der Waals surface area contributed by atoms with E-state index in [1.165, 1.54) is 6.42 Å². The van der Waals surface area contributed by atoms with Crippen LogP contribution in [0.4, 0.5) is 0 Å². The molecular formula is C14H31NO2. The molecule has 0 aromatic heterocycles. The van der Waals surface area contributed by atoms with Crippen LogP contribution in [-0.4, -0.2) is 31.6 Å². The van der Waals surface area contributed by atoms with E-state index in [9.17, 15) is 5.11 Å². The van der Waals surface area contributed by atoms with Crippen molar-refractivity contribution < 1.29 is 9.84 Å². The van der Waals surface area contributed by atoms with Crippen molar-refractivity contribution in [3.8, 4) is 0 Å². The second-order valence-electron chi connectivity index (χ2n) is 5.78. The van der Waals surface area contributed by atoms with Gasteiger partial charge in [-0.3, -0.25) is 5.32 Å². The normalized spacial score (nSPS) is 15.5. The topological polar surface area (TPSA) is 41.5 Å². The van der Waals surface area contributed by atoms with Gasteiger partial charge in [0.2, 0.25) is 0 Å². The summed E-state index contributed by atoms with van der Waals surface area (Å²) < 4.78 is 5.41. The van der Waals surface area contributed by atoms with Crippen molar-refractivity contribution in [2.75, 3.05) is 20.3 Å². The lowest BCUT2D eigenvalue weighted by Gasteiger charge is -2.22. The van der Waals surface area contributed by atoms with Crippen LogP contribution in [0.3, 0.4) is 0 Å². The molecule has 3 heteroatoms. The highest BCUT2D eigenvalue weighted by Gasteiger charge is 2.13. The van der Waals surface area contributed by atoms with E-state index < -0.39 is 0 Å². The molecule has 0 heterocycles. The Morgan fingerprint density at radius 3 is 2.12 bits per heavy atom. The zero-order valence-corrected chi connectivity index (χ0v) is 12.2. The molecule has 0 rings (SSSR count). The van der Waals surface area contributed by atoms with E-state index in [-0.39, 0.29) is 12.8 Å². The molecule has 0 saturated heterocycles. The van der Waals surface area contributed by atoms with Crippen LogP contribution >= 0.6 is 0 Å². The van der Waals surface area contributed by atoms with Crippen LogP contribution < -0.4 is 5.32 Å². The maximum Gasteiger partial charge on any atom is 0.107 e.